The van der Waals surface area contributed by atoms with Gasteiger partial charge in [0.2, 0.25) is 0 Å². The minimum absolute atomic E-state index is 0.155. The van der Waals surface area contributed by atoms with E-state index < -0.39 is 0 Å². The zero-order valence-electron chi connectivity index (χ0n) is 13.3. The summed E-state index contributed by atoms with van der Waals surface area (Å²) in [6.45, 7) is 16.6. The molecule has 2 heterocycles. The predicted molar refractivity (Wildman–Crippen MR) is 86.1 cm³/mol. The minimum atomic E-state index is 0.155. The summed E-state index contributed by atoms with van der Waals surface area (Å²) in [5, 5.41) is 6.91. The number of rotatable bonds is 5. The van der Waals surface area contributed by atoms with Crippen molar-refractivity contribution in [1.82, 2.24) is 20.1 Å². The van der Waals surface area contributed by atoms with E-state index in [2.05, 4.69) is 48.2 Å². The highest BCUT2D eigenvalue weighted by atomic mass is 32.1. The first kappa shape index (κ1) is 15.9. The molecule has 5 heteroatoms. The van der Waals surface area contributed by atoms with Crippen molar-refractivity contribution in [3.05, 3.63) is 16.1 Å². The van der Waals surface area contributed by atoms with E-state index in [-0.39, 0.29) is 5.54 Å². The molecule has 0 atom stereocenters. The highest BCUT2D eigenvalue weighted by Crippen LogP contribution is 2.14. The predicted octanol–water partition coefficient (Wildman–Crippen LogP) is 2.17. The van der Waals surface area contributed by atoms with E-state index in [0.29, 0.717) is 0 Å². The maximum atomic E-state index is 4.75. The van der Waals surface area contributed by atoms with Crippen molar-refractivity contribution in [3.8, 4) is 0 Å². The van der Waals surface area contributed by atoms with E-state index in [1.807, 2.05) is 0 Å². The number of thiazole rings is 1. The smallest absolute Gasteiger partial charge is 0.107 e. The van der Waals surface area contributed by atoms with Gasteiger partial charge in [-0.05, 0) is 27.3 Å². The fourth-order valence-electron chi connectivity index (χ4n) is 2.34. The molecule has 0 radical (unpaired) electrons. The summed E-state index contributed by atoms with van der Waals surface area (Å²) >= 11 is 1.77. The van der Waals surface area contributed by atoms with Crippen molar-refractivity contribution >= 4 is 11.3 Å². The van der Waals surface area contributed by atoms with Crippen LogP contribution in [0.3, 0.4) is 0 Å². The average Bonchev–Trinajstić information content (AvgIpc) is 2.84. The van der Waals surface area contributed by atoms with Crippen molar-refractivity contribution in [2.24, 2.45) is 0 Å². The Bertz CT molecular complexity index is 402. The molecule has 0 amide bonds. The molecule has 0 saturated carbocycles. The van der Waals surface area contributed by atoms with Crippen LogP contribution in [0.25, 0.3) is 0 Å². The standard InChI is InChI=1S/C15H28N4S/c1-5-18-6-8-19(9-7-18)11-13-12-20-14(17-13)10-16-15(2,3)4/h12,16H,5-11H2,1-4H3. The molecule has 20 heavy (non-hydrogen) atoms. The summed E-state index contributed by atoms with van der Waals surface area (Å²) in [5.41, 5.74) is 1.38. The molecule has 114 valence electrons. The Kier molecular flexibility index (Phi) is 5.55. The molecular formula is C15H28N4S. The van der Waals surface area contributed by atoms with Crippen LogP contribution in [0.5, 0.6) is 0 Å². The number of likely N-dealkylation sites (N-methyl/N-ethyl adjacent to an activating group) is 1. The normalized spacial score (nSPS) is 18.6. The van der Waals surface area contributed by atoms with Crippen molar-refractivity contribution in [2.45, 2.75) is 46.3 Å². The van der Waals surface area contributed by atoms with Crippen LogP contribution in [0.4, 0.5) is 0 Å². The first-order chi connectivity index (χ1) is 9.46. The van der Waals surface area contributed by atoms with Crippen LogP contribution in [-0.2, 0) is 13.1 Å². The molecule has 0 aromatic carbocycles. The minimum Gasteiger partial charge on any atom is -0.306 e. The lowest BCUT2D eigenvalue weighted by Crippen LogP contribution is -2.45. The van der Waals surface area contributed by atoms with Crippen LogP contribution >= 0.6 is 11.3 Å². The lowest BCUT2D eigenvalue weighted by molar-refractivity contribution is 0.131. The second kappa shape index (κ2) is 6.98. The van der Waals surface area contributed by atoms with Gasteiger partial charge < -0.3 is 10.2 Å². The van der Waals surface area contributed by atoms with Crippen molar-refractivity contribution in [1.29, 1.82) is 0 Å². The molecule has 4 nitrogen and oxygen atoms in total. The quantitative estimate of drug-likeness (QED) is 0.902. The van der Waals surface area contributed by atoms with Gasteiger partial charge in [-0.1, -0.05) is 6.92 Å². The van der Waals surface area contributed by atoms with E-state index in [1.54, 1.807) is 11.3 Å². The van der Waals surface area contributed by atoms with Crippen LogP contribution < -0.4 is 5.32 Å². The maximum Gasteiger partial charge on any atom is 0.107 e. The molecule has 1 saturated heterocycles. The van der Waals surface area contributed by atoms with E-state index >= 15 is 0 Å². The molecular weight excluding hydrogens is 268 g/mol. The highest BCUT2D eigenvalue weighted by molar-refractivity contribution is 7.09. The summed E-state index contributed by atoms with van der Waals surface area (Å²) in [6.07, 6.45) is 0. The lowest BCUT2D eigenvalue weighted by atomic mass is 10.1. The fourth-order valence-corrected chi connectivity index (χ4v) is 3.06. The molecule has 1 aliphatic heterocycles. The van der Waals surface area contributed by atoms with Crippen LogP contribution in [0.15, 0.2) is 5.38 Å². The van der Waals surface area contributed by atoms with E-state index in [9.17, 15) is 0 Å². The lowest BCUT2D eigenvalue weighted by Gasteiger charge is -2.33. The summed E-state index contributed by atoms with van der Waals surface area (Å²) in [6, 6.07) is 0. The topological polar surface area (TPSA) is 31.4 Å². The Morgan fingerprint density at radius 3 is 2.45 bits per heavy atom. The summed E-state index contributed by atoms with van der Waals surface area (Å²) < 4.78 is 0. The molecule has 1 aliphatic rings. The third-order valence-corrected chi connectivity index (χ3v) is 4.56. The Balaban J connectivity index is 1.78. The molecule has 1 fully saturated rings. The molecule has 0 unspecified atom stereocenters. The van der Waals surface area contributed by atoms with E-state index in [4.69, 9.17) is 4.98 Å². The zero-order chi connectivity index (χ0) is 14.6. The first-order valence-corrected chi connectivity index (χ1v) is 8.47. The largest absolute Gasteiger partial charge is 0.306 e. The molecule has 0 spiro atoms. The van der Waals surface area contributed by atoms with Gasteiger partial charge in [0, 0.05) is 50.2 Å². The average molecular weight is 296 g/mol. The van der Waals surface area contributed by atoms with Gasteiger partial charge in [-0.25, -0.2) is 4.98 Å². The van der Waals surface area contributed by atoms with Gasteiger partial charge in [-0.15, -0.1) is 11.3 Å². The van der Waals surface area contributed by atoms with Crippen LogP contribution in [0.2, 0.25) is 0 Å². The molecule has 0 aliphatic carbocycles. The summed E-state index contributed by atoms with van der Waals surface area (Å²) in [7, 11) is 0. The van der Waals surface area contributed by atoms with Gasteiger partial charge >= 0.3 is 0 Å². The van der Waals surface area contributed by atoms with Crippen molar-refractivity contribution < 1.29 is 0 Å². The van der Waals surface area contributed by atoms with Crippen LogP contribution in [0, 0.1) is 0 Å². The third-order valence-electron chi connectivity index (χ3n) is 3.67. The number of nitrogens with zero attached hydrogens (tertiary/aromatic N) is 3. The summed E-state index contributed by atoms with van der Waals surface area (Å²) in [4.78, 5) is 9.77. The van der Waals surface area contributed by atoms with Gasteiger partial charge in [0.15, 0.2) is 0 Å². The number of piperazine rings is 1. The Hall–Kier alpha value is -0.490. The van der Waals surface area contributed by atoms with Crippen LogP contribution in [-0.4, -0.2) is 53.0 Å². The molecule has 2 rings (SSSR count). The van der Waals surface area contributed by atoms with Crippen LogP contribution in [0.1, 0.15) is 38.4 Å². The van der Waals surface area contributed by atoms with Gasteiger partial charge in [-0.3, -0.25) is 4.90 Å². The zero-order valence-corrected chi connectivity index (χ0v) is 14.1. The van der Waals surface area contributed by atoms with Gasteiger partial charge in [0.05, 0.1) is 5.69 Å². The van der Waals surface area contributed by atoms with Crippen molar-refractivity contribution in [2.75, 3.05) is 32.7 Å². The number of hydrogen-bond acceptors (Lipinski definition) is 5. The SMILES string of the molecule is CCN1CCN(Cc2csc(CNC(C)(C)C)n2)CC1. The first-order valence-electron chi connectivity index (χ1n) is 7.59. The second-order valence-corrected chi connectivity index (χ2v) is 7.49. The van der Waals surface area contributed by atoms with E-state index in [0.717, 1.165) is 13.1 Å². The molecule has 1 aromatic heterocycles. The van der Waals surface area contributed by atoms with Gasteiger partial charge in [0.1, 0.15) is 5.01 Å². The Morgan fingerprint density at radius 1 is 1.20 bits per heavy atom. The number of nitrogens with one attached hydrogen (secondary N) is 1. The second-order valence-electron chi connectivity index (χ2n) is 6.55. The Morgan fingerprint density at radius 2 is 1.85 bits per heavy atom. The third kappa shape index (κ3) is 5.13. The molecule has 1 N–H and O–H groups in total. The van der Waals surface area contributed by atoms with Gasteiger partial charge in [0.25, 0.3) is 0 Å². The highest BCUT2D eigenvalue weighted by Gasteiger charge is 2.17. The number of hydrogen-bond donors (Lipinski definition) is 1. The molecule has 1 aromatic rings. The fraction of sp³-hybridized carbons (Fsp3) is 0.800. The summed E-state index contributed by atoms with van der Waals surface area (Å²) in [5.74, 6) is 0. The Labute approximate surface area is 127 Å². The number of aromatic nitrogens is 1. The monoisotopic (exact) mass is 296 g/mol. The van der Waals surface area contributed by atoms with Gasteiger partial charge in [-0.2, -0.15) is 0 Å². The maximum absolute atomic E-state index is 4.75. The van der Waals surface area contributed by atoms with Crippen molar-refractivity contribution in [3.63, 3.8) is 0 Å². The molecule has 0 bridgehead atoms. The van der Waals surface area contributed by atoms with E-state index in [1.165, 1.54) is 43.4 Å².